The van der Waals surface area contributed by atoms with E-state index in [0.29, 0.717) is 38.5 Å². The lowest BCUT2D eigenvalue weighted by atomic mass is 9.95. The van der Waals surface area contributed by atoms with Crippen LogP contribution in [0.5, 0.6) is 5.75 Å². The molecule has 4 aromatic rings. The molecule has 3 heterocycles. The highest BCUT2D eigenvalue weighted by atomic mass is 32.1. The second kappa shape index (κ2) is 9.38. The molecule has 5 rings (SSSR count). The highest BCUT2D eigenvalue weighted by Gasteiger charge is 2.35. The molecule has 0 spiro atoms. The van der Waals surface area contributed by atoms with E-state index < -0.39 is 12.0 Å². The number of esters is 1. The average Bonchev–Trinajstić information content (AvgIpc) is 3.40. The van der Waals surface area contributed by atoms with Crippen LogP contribution in [0, 0.1) is 0 Å². The Kier molecular flexibility index (Phi) is 6.13. The van der Waals surface area contributed by atoms with Crippen molar-refractivity contribution in [2.24, 2.45) is 4.99 Å². The fraction of sp³-hybridized carbons (Fsp3) is 0.222. The van der Waals surface area contributed by atoms with Crippen molar-refractivity contribution in [2.45, 2.75) is 26.8 Å². The second-order valence-electron chi connectivity index (χ2n) is 8.06. The number of hydrogen-bond donors (Lipinski definition) is 1. The van der Waals surface area contributed by atoms with Crippen LogP contribution in [0.4, 0.5) is 0 Å². The quantitative estimate of drug-likeness (QED) is 0.421. The van der Waals surface area contributed by atoms with Crippen molar-refractivity contribution in [3.8, 4) is 5.75 Å². The highest BCUT2D eigenvalue weighted by Crippen LogP contribution is 2.35. The standard InChI is InChI=1S/C27H25N3O4S/c1-4-33-21-13-9-7-11-19(21)24-23(26(32)34-5-2)16(3)29-27-30(24)25(31)22(35-27)14-17-15-28-20-12-8-6-10-18(17)20/h6-15,24,28H,4-5H2,1-3H3/b22-14-/t24-/m0/s1. The summed E-state index contributed by atoms with van der Waals surface area (Å²) < 4.78 is 13.4. The second-order valence-corrected chi connectivity index (χ2v) is 9.07. The zero-order chi connectivity index (χ0) is 24.5. The number of thiazole rings is 1. The van der Waals surface area contributed by atoms with Gasteiger partial charge in [0, 0.05) is 28.2 Å². The molecule has 0 aliphatic carbocycles. The molecule has 0 radical (unpaired) electrons. The van der Waals surface area contributed by atoms with E-state index in [0.717, 1.165) is 16.5 Å². The van der Waals surface area contributed by atoms with Crippen molar-refractivity contribution in [1.29, 1.82) is 0 Å². The van der Waals surface area contributed by atoms with Crippen LogP contribution in [0.15, 0.2) is 75.8 Å². The summed E-state index contributed by atoms with van der Waals surface area (Å²) in [6.45, 7) is 6.11. The molecule has 7 nitrogen and oxygen atoms in total. The van der Waals surface area contributed by atoms with Gasteiger partial charge < -0.3 is 14.5 Å². The molecule has 0 unspecified atom stereocenters. The fourth-order valence-electron chi connectivity index (χ4n) is 4.43. The van der Waals surface area contributed by atoms with Crippen LogP contribution >= 0.6 is 11.3 Å². The van der Waals surface area contributed by atoms with Gasteiger partial charge in [0.15, 0.2) is 4.80 Å². The number of allylic oxidation sites excluding steroid dienone is 1. The van der Waals surface area contributed by atoms with Crippen molar-refractivity contribution in [3.63, 3.8) is 0 Å². The van der Waals surface area contributed by atoms with E-state index in [4.69, 9.17) is 9.47 Å². The summed E-state index contributed by atoms with van der Waals surface area (Å²) in [4.78, 5) is 35.3. The third-order valence-electron chi connectivity index (χ3n) is 5.94. The number of aromatic nitrogens is 2. The van der Waals surface area contributed by atoms with E-state index in [2.05, 4.69) is 9.98 Å². The van der Waals surface area contributed by atoms with E-state index in [1.54, 1.807) is 18.4 Å². The van der Waals surface area contributed by atoms with Gasteiger partial charge in [0.1, 0.15) is 11.8 Å². The maximum Gasteiger partial charge on any atom is 0.338 e. The number of para-hydroxylation sites is 2. The molecular weight excluding hydrogens is 462 g/mol. The molecule has 0 amide bonds. The van der Waals surface area contributed by atoms with Crippen molar-refractivity contribution in [2.75, 3.05) is 13.2 Å². The maximum absolute atomic E-state index is 13.8. The van der Waals surface area contributed by atoms with Crippen LogP contribution in [0.1, 0.15) is 37.9 Å². The van der Waals surface area contributed by atoms with E-state index in [-0.39, 0.29) is 12.2 Å². The van der Waals surface area contributed by atoms with Gasteiger partial charge in [-0.15, -0.1) is 0 Å². The Balaban J connectivity index is 1.76. The van der Waals surface area contributed by atoms with Crippen LogP contribution in [0.2, 0.25) is 0 Å². The third-order valence-corrected chi connectivity index (χ3v) is 6.92. The van der Waals surface area contributed by atoms with E-state index in [1.165, 1.54) is 11.3 Å². The summed E-state index contributed by atoms with van der Waals surface area (Å²) in [5, 5.41) is 1.03. The monoisotopic (exact) mass is 487 g/mol. The number of carbonyl (C=O) groups is 1. The normalized spacial score (nSPS) is 15.7. The molecule has 1 atom stereocenters. The SMILES string of the molecule is CCOC(=O)C1=C(C)N=c2s/c(=C\c3c[nH]c4ccccc34)c(=O)n2[C@H]1c1ccccc1OCC. The first-order valence-corrected chi connectivity index (χ1v) is 12.3. The molecule has 0 bridgehead atoms. The lowest BCUT2D eigenvalue weighted by Crippen LogP contribution is -2.40. The molecule has 1 aliphatic rings. The predicted molar refractivity (Wildman–Crippen MR) is 136 cm³/mol. The average molecular weight is 488 g/mol. The summed E-state index contributed by atoms with van der Waals surface area (Å²) in [6.07, 6.45) is 3.76. The number of benzene rings is 2. The Morgan fingerprint density at radius 2 is 1.91 bits per heavy atom. The molecule has 8 heteroatoms. The van der Waals surface area contributed by atoms with Gasteiger partial charge in [-0.1, -0.05) is 47.7 Å². The van der Waals surface area contributed by atoms with Crippen LogP contribution in [-0.4, -0.2) is 28.7 Å². The summed E-state index contributed by atoms with van der Waals surface area (Å²) in [5.74, 6) is 0.124. The fourth-order valence-corrected chi connectivity index (χ4v) is 5.47. The Morgan fingerprint density at radius 1 is 1.14 bits per heavy atom. The number of aromatic amines is 1. The maximum atomic E-state index is 13.8. The number of ether oxygens (including phenoxy) is 2. The Bertz CT molecular complexity index is 1640. The summed E-state index contributed by atoms with van der Waals surface area (Å²) in [7, 11) is 0. The Labute approximate surface area is 205 Å². The van der Waals surface area contributed by atoms with Crippen molar-refractivity contribution >= 4 is 34.3 Å². The van der Waals surface area contributed by atoms with Crippen LogP contribution in [-0.2, 0) is 9.53 Å². The van der Waals surface area contributed by atoms with Crippen molar-refractivity contribution in [3.05, 3.63) is 96.8 Å². The topological polar surface area (TPSA) is 85.7 Å². The molecule has 1 aliphatic heterocycles. The minimum Gasteiger partial charge on any atom is -0.494 e. The number of nitrogens with one attached hydrogen (secondary N) is 1. The molecule has 0 saturated heterocycles. The van der Waals surface area contributed by atoms with Crippen LogP contribution in [0.25, 0.3) is 17.0 Å². The van der Waals surface area contributed by atoms with Gasteiger partial charge in [-0.25, -0.2) is 9.79 Å². The van der Waals surface area contributed by atoms with Crippen molar-refractivity contribution in [1.82, 2.24) is 9.55 Å². The van der Waals surface area contributed by atoms with Gasteiger partial charge in [0.25, 0.3) is 5.56 Å². The largest absolute Gasteiger partial charge is 0.494 e. The van der Waals surface area contributed by atoms with Gasteiger partial charge >= 0.3 is 5.97 Å². The van der Waals surface area contributed by atoms with E-state index >= 15 is 0 Å². The number of carbonyl (C=O) groups excluding carboxylic acids is 1. The third kappa shape index (κ3) is 4.00. The first kappa shape index (κ1) is 22.9. The zero-order valence-electron chi connectivity index (χ0n) is 19.7. The summed E-state index contributed by atoms with van der Waals surface area (Å²) in [5.41, 5.74) is 3.27. The van der Waals surface area contributed by atoms with Gasteiger partial charge in [0.05, 0.1) is 29.0 Å². The number of fused-ring (bicyclic) bond motifs is 2. The summed E-state index contributed by atoms with van der Waals surface area (Å²) in [6, 6.07) is 14.7. The predicted octanol–water partition coefficient (Wildman–Crippen LogP) is 3.68. The van der Waals surface area contributed by atoms with Crippen molar-refractivity contribution < 1.29 is 14.3 Å². The molecular formula is C27H25N3O4S. The molecule has 35 heavy (non-hydrogen) atoms. The first-order valence-electron chi connectivity index (χ1n) is 11.5. The number of rotatable bonds is 6. The summed E-state index contributed by atoms with van der Waals surface area (Å²) >= 11 is 1.30. The molecule has 2 aromatic carbocycles. The zero-order valence-corrected chi connectivity index (χ0v) is 20.5. The van der Waals surface area contributed by atoms with Gasteiger partial charge in [0.2, 0.25) is 0 Å². The van der Waals surface area contributed by atoms with E-state index in [1.807, 2.05) is 67.7 Å². The minimum absolute atomic E-state index is 0.218. The van der Waals surface area contributed by atoms with Gasteiger partial charge in [-0.05, 0) is 39.0 Å². The molecule has 1 N–H and O–H groups in total. The molecule has 178 valence electrons. The van der Waals surface area contributed by atoms with Crippen LogP contribution < -0.4 is 19.6 Å². The van der Waals surface area contributed by atoms with Crippen LogP contribution in [0.3, 0.4) is 0 Å². The minimum atomic E-state index is -0.710. The lowest BCUT2D eigenvalue weighted by Gasteiger charge is -2.26. The van der Waals surface area contributed by atoms with E-state index in [9.17, 15) is 9.59 Å². The number of nitrogens with zero attached hydrogens (tertiary/aromatic N) is 2. The number of H-pyrrole nitrogens is 1. The smallest absolute Gasteiger partial charge is 0.338 e. The molecule has 0 saturated carbocycles. The lowest BCUT2D eigenvalue weighted by molar-refractivity contribution is -0.139. The number of hydrogen-bond acceptors (Lipinski definition) is 6. The van der Waals surface area contributed by atoms with Gasteiger partial charge in [-0.2, -0.15) is 0 Å². The Hall–Kier alpha value is -3.91. The Morgan fingerprint density at radius 3 is 2.71 bits per heavy atom. The van der Waals surface area contributed by atoms with Gasteiger partial charge in [-0.3, -0.25) is 9.36 Å². The molecule has 0 fully saturated rings. The molecule has 2 aromatic heterocycles. The first-order chi connectivity index (χ1) is 17.0. The highest BCUT2D eigenvalue weighted by molar-refractivity contribution is 7.07.